The molecule has 2 heterocycles. The van der Waals surface area contributed by atoms with E-state index in [2.05, 4.69) is 0 Å². The van der Waals surface area contributed by atoms with Gasteiger partial charge in [0.2, 0.25) is 5.91 Å². The summed E-state index contributed by atoms with van der Waals surface area (Å²) in [6.07, 6.45) is 2.47. The molecule has 3 rings (SSSR count). The van der Waals surface area contributed by atoms with Gasteiger partial charge in [-0.2, -0.15) is 5.26 Å². The molecule has 164 valence electrons. The van der Waals surface area contributed by atoms with Crippen molar-refractivity contribution in [2.75, 3.05) is 50.2 Å². The molecule has 31 heavy (non-hydrogen) atoms. The minimum Gasteiger partial charge on any atom is -0.464 e. The standard InChI is InChI=1S/C20H23N5O5S/c1-13(26)23-6-8-24(9-7-23)16-5-4-15(31(3,28)29)10-17(16)25-12-14(11-21)18(22)19(25)20(27)30-2/h4-5,10,12H,6-9,22H2,1-3H3. The van der Waals surface area contributed by atoms with Crippen molar-refractivity contribution in [2.24, 2.45) is 0 Å². The van der Waals surface area contributed by atoms with E-state index >= 15 is 0 Å². The van der Waals surface area contributed by atoms with E-state index in [0.717, 1.165) is 6.26 Å². The van der Waals surface area contributed by atoms with Crippen molar-refractivity contribution in [3.05, 3.63) is 35.7 Å². The van der Waals surface area contributed by atoms with Crippen molar-refractivity contribution in [3.8, 4) is 11.8 Å². The highest BCUT2D eigenvalue weighted by molar-refractivity contribution is 7.90. The number of nitrogens with two attached hydrogens (primary N) is 1. The first-order valence-corrected chi connectivity index (χ1v) is 11.3. The van der Waals surface area contributed by atoms with E-state index in [-0.39, 0.29) is 27.7 Å². The van der Waals surface area contributed by atoms with Gasteiger partial charge in [-0.05, 0) is 18.2 Å². The molecule has 0 atom stereocenters. The molecule has 2 N–H and O–H groups in total. The number of hydrogen-bond acceptors (Lipinski definition) is 8. The number of aromatic nitrogens is 1. The predicted octanol–water partition coefficient (Wildman–Crippen LogP) is 0.790. The molecule has 1 saturated heterocycles. The fraction of sp³-hybridized carbons (Fsp3) is 0.350. The lowest BCUT2D eigenvalue weighted by atomic mass is 10.2. The van der Waals surface area contributed by atoms with Gasteiger partial charge in [-0.25, -0.2) is 13.2 Å². The van der Waals surface area contributed by atoms with E-state index in [1.54, 1.807) is 11.0 Å². The molecule has 0 saturated carbocycles. The van der Waals surface area contributed by atoms with Crippen LogP contribution >= 0.6 is 0 Å². The minimum absolute atomic E-state index is 0.0166. The molecule has 1 aromatic carbocycles. The molecule has 0 aliphatic carbocycles. The molecule has 10 nitrogen and oxygen atoms in total. The van der Waals surface area contributed by atoms with Gasteiger partial charge < -0.3 is 24.8 Å². The number of anilines is 2. The van der Waals surface area contributed by atoms with Gasteiger partial charge in [-0.15, -0.1) is 0 Å². The van der Waals surface area contributed by atoms with Crippen LogP contribution in [0, 0.1) is 11.3 Å². The molecule has 1 aliphatic heterocycles. The number of nitriles is 1. The molecule has 0 radical (unpaired) electrons. The number of amides is 1. The summed E-state index contributed by atoms with van der Waals surface area (Å²) in [5, 5.41) is 9.40. The third-order valence-electron chi connectivity index (χ3n) is 5.24. The van der Waals surface area contributed by atoms with Gasteiger partial charge in [0, 0.05) is 45.6 Å². The Morgan fingerprint density at radius 3 is 2.32 bits per heavy atom. The van der Waals surface area contributed by atoms with Gasteiger partial charge >= 0.3 is 5.97 Å². The van der Waals surface area contributed by atoms with Gasteiger partial charge in [0.15, 0.2) is 15.5 Å². The van der Waals surface area contributed by atoms with Crippen molar-refractivity contribution in [2.45, 2.75) is 11.8 Å². The second kappa shape index (κ2) is 8.31. The summed E-state index contributed by atoms with van der Waals surface area (Å²) in [7, 11) is -2.35. The normalized spacial score (nSPS) is 14.3. The van der Waals surface area contributed by atoms with Crippen molar-refractivity contribution in [3.63, 3.8) is 0 Å². The fourth-order valence-corrected chi connectivity index (χ4v) is 4.20. The fourth-order valence-electron chi connectivity index (χ4n) is 3.56. The maximum Gasteiger partial charge on any atom is 0.357 e. The lowest BCUT2D eigenvalue weighted by Crippen LogP contribution is -2.48. The third-order valence-corrected chi connectivity index (χ3v) is 6.35. The smallest absolute Gasteiger partial charge is 0.357 e. The van der Waals surface area contributed by atoms with E-state index in [1.165, 1.54) is 36.9 Å². The zero-order chi connectivity index (χ0) is 22.9. The number of esters is 1. The Kier molecular flexibility index (Phi) is 5.94. The first-order chi connectivity index (χ1) is 14.6. The van der Waals surface area contributed by atoms with Crippen LogP contribution in [0.1, 0.15) is 23.0 Å². The lowest BCUT2D eigenvalue weighted by molar-refractivity contribution is -0.129. The Hall–Kier alpha value is -3.52. The van der Waals surface area contributed by atoms with Crippen LogP contribution in [0.5, 0.6) is 0 Å². The minimum atomic E-state index is -3.55. The molecule has 1 aliphatic rings. The molecule has 1 fully saturated rings. The first-order valence-electron chi connectivity index (χ1n) is 9.42. The molecule has 0 bridgehead atoms. The predicted molar refractivity (Wildman–Crippen MR) is 114 cm³/mol. The SMILES string of the molecule is COC(=O)c1c(N)c(C#N)cn1-c1cc(S(C)(=O)=O)ccc1N1CCN(C(C)=O)CC1. The number of piperazine rings is 1. The summed E-state index contributed by atoms with van der Waals surface area (Å²) in [6, 6.07) is 6.52. The van der Waals surface area contributed by atoms with Crippen molar-refractivity contribution in [1.82, 2.24) is 9.47 Å². The van der Waals surface area contributed by atoms with Crippen LogP contribution in [0.3, 0.4) is 0 Å². The number of methoxy groups -OCH3 is 1. The number of hydrogen-bond donors (Lipinski definition) is 1. The molecular weight excluding hydrogens is 422 g/mol. The highest BCUT2D eigenvalue weighted by atomic mass is 32.2. The Labute approximate surface area is 180 Å². The van der Waals surface area contributed by atoms with Crippen LogP contribution < -0.4 is 10.6 Å². The Bertz CT molecular complexity index is 1190. The zero-order valence-corrected chi connectivity index (χ0v) is 18.3. The van der Waals surface area contributed by atoms with E-state index in [9.17, 15) is 23.3 Å². The number of nitrogen functional groups attached to an aromatic ring is 1. The van der Waals surface area contributed by atoms with E-state index in [1.807, 2.05) is 11.0 Å². The number of ether oxygens (including phenoxy) is 1. The molecule has 11 heteroatoms. The van der Waals surface area contributed by atoms with Gasteiger partial charge in [0.05, 0.1) is 34.6 Å². The largest absolute Gasteiger partial charge is 0.464 e. The third kappa shape index (κ3) is 4.20. The van der Waals surface area contributed by atoms with E-state index in [4.69, 9.17) is 10.5 Å². The van der Waals surface area contributed by atoms with Gasteiger partial charge in [-0.1, -0.05) is 0 Å². The van der Waals surface area contributed by atoms with Crippen molar-refractivity contribution in [1.29, 1.82) is 5.26 Å². The lowest BCUT2D eigenvalue weighted by Gasteiger charge is -2.36. The maximum atomic E-state index is 12.4. The van der Waals surface area contributed by atoms with Crippen LogP contribution in [-0.2, 0) is 19.4 Å². The van der Waals surface area contributed by atoms with Gasteiger partial charge in [-0.3, -0.25) is 4.79 Å². The maximum absolute atomic E-state index is 12.4. The van der Waals surface area contributed by atoms with Crippen molar-refractivity contribution < 1.29 is 22.7 Å². The number of sulfone groups is 1. The van der Waals surface area contributed by atoms with Crippen LogP contribution in [-0.4, -0.2) is 69.3 Å². The zero-order valence-electron chi connectivity index (χ0n) is 17.5. The average Bonchev–Trinajstić information content (AvgIpc) is 3.08. The van der Waals surface area contributed by atoms with E-state index in [0.29, 0.717) is 37.6 Å². The van der Waals surface area contributed by atoms with Crippen molar-refractivity contribution >= 4 is 33.1 Å². The molecular formula is C20H23N5O5S. The number of rotatable bonds is 4. The monoisotopic (exact) mass is 445 g/mol. The molecule has 2 aromatic rings. The summed E-state index contributed by atoms with van der Waals surface area (Å²) in [6.45, 7) is 3.55. The van der Waals surface area contributed by atoms with E-state index < -0.39 is 15.8 Å². The van der Waals surface area contributed by atoms with Crippen LogP contribution in [0.4, 0.5) is 11.4 Å². The van der Waals surface area contributed by atoms with Crippen LogP contribution in [0.15, 0.2) is 29.3 Å². The molecule has 1 amide bonds. The molecule has 0 spiro atoms. The summed E-state index contributed by atoms with van der Waals surface area (Å²) in [5.41, 5.74) is 6.98. The highest BCUT2D eigenvalue weighted by Crippen LogP contribution is 2.33. The molecule has 1 aromatic heterocycles. The Balaban J connectivity index is 2.21. The quantitative estimate of drug-likeness (QED) is 0.682. The first kappa shape index (κ1) is 22.2. The topological polar surface area (TPSA) is 139 Å². The summed E-state index contributed by atoms with van der Waals surface area (Å²) in [5.74, 6) is -0.770. The average molecular weight is 446 g/mol. The highest BCUT2D eigenvalue weighted by Gasteiger charge is 2.27. The number of nitrogens with zero attached hydrogens (tertiary/aromatic N) is 4. The van der Waals surface area contributed by atoms with Gasteiger partial charge in [0.25, 0.3) is 0 Å². The second-order valence-corrected chi connectivity index (χ2v) is 9.21. The number of carbonyl (C=O) groups is 2. The van der Waals surface area contributed by atoms with Gasteiger partial charge in [0.1, 0.15) is 6.07 Å². The summed E-state index contributed by atoms with van der Waals surface area (Å²) in [4.78, 5) is 27.9. The number of carbonyl (C=O) groups excluding carboxylic acids is 2. The number of benzene rings is 1. The van der Waals surface area contributed by atoms with Crippen LogP contribution in [0.2, 0.25) is 0 Å². The van der Waals surface area contributed by atoms with Crippen LogP contribution in [0.25, 0.3) is 5.69 Å². The molecule has 0 unspecified atom stereocenters. The second-order valence-electron chi connectivity index (χ2n) is 7.19. The summed E-state index contributed by atoms with van der Waals surface area (Å²) < 4.78 is 30.6. The Morgan fingerprint density at radius 1 is 1.16 bits per heavy atom. The summed E-state index contributed by atoms with van der Waals surface area (Å²) >= 11 is 0. The Morgan fingerprint density at radius 2 is 1.81 bits per heavy atom.